The second kappa shape index (κ2) is 5.07. The predicted molar refractivity (Wildman–Crippen MR) is 76.1 cm³/mol. The molecule has 2 heterocycles. The lowest BCUT2D eigenvalue weighted by atomic mass is 10.1. The Morgan fingerprint density at radius 2 is 2.05 bits per heavy atom. The molecule has 0 spiro atoms. The number of hydrogen-bond acceptors (Lipinski definition) is 5. The van der Waals surface area contributed by atoms with Crippen molar-refractivity contribution in [1.29, 1.82) is 0 Å². The van der Waals surface area contributed by atoms with E-state index < -0.39 is 0 Å². The SMILES string of the molecule is CONc1ccc(-c2nc(=O)[nH]c3c2CN(C)C3)cc1. The molecule has 20 heavy (non-hydrogen) atoms. The first-order valence-corrected chi connectivity index (χ1v) is 6.37. The summed E-state index contributed by atoms with van der Waals surface area (Å²) in [5.41, 5.74) is 7.07. The molecule has 6 nitrogen and oxygen atoms in total. The number of aromatic amines is 1. The Morgan fingerprint density at radius 3 is 2.75 bits per heavy atom. The van der Waals surface area contributed by atoms with Gasteiger partial charge in [0.25, 0.3) is 0 Å². The van der Waals surface area contributed by atoms with E-state index in [-0.39, 0.29) is 5.69 Å². The van der Waals surface area contributed by atoms with E-state index in [1.165, 1.54) is 0 Å². The van der Waals surface area contributed by atoms with Crippen LogP contribution < -0.4 is 11.2 Å². The maximum Gasteiger partial charge on any atom is 0.345 e. The normalized spacial score (nSPS) is 14.3. The lowest BCUT2D eigenvalue weighted by Crippen LogP contribution is -2.14. The molecule has 0 aliphatic carbocycles. The Balaban J connectivity index is 2.04. The van der Waals surface area contributed by atoms with Gasteiger partial charge in [-0.1, -0.05) is 12.1 Å². The van der Waals surface area contributed by atoms with Gasteiger partial charge in [0.05, 0.1) is 18.5 Å². The van der Waals surface area contributed by atoms with Crippen molar-refractivity contribution in [3.63, 3.8) is 0 Å². The molecule has 0 unspecified atom stereocenters. The van der Waals surface area contributed by atoms with Crippen molar-refractivity contribution in [1.82, 2.24) is 14.9 Å². The summed E-state index contributed by atoms with van der Waals surface area (Å²) in [4.78, 5) is 25.6. The summed E-state index contributed by atoms with van der Waals surface area (Å²) >= 11 is 0. The van der Waals surface area contributed by atoms with Crippen LogP contribution in [0, 0.1) is 0 Å². The molecule has 6 heteroatoms. The number of anilines is 1. The first-order chi connectivity index (χ1) is 9.67. The summed E-state index contributed by atoms with van der Waals surface area (Å²) in [6, 6.07) is 7.66. The molecule has 0 saturated carbocycles. The fraction of sp³-hybridized carbons (Fsp3) is 0.286. The van der Waals surface area contributed by atoms with Gasteiger partial charge in [0.1, 0.15) is 0 Å². The van der Waals surface area contributed by atoms with Crippen LogP contribution >= 0.6 is 0 Å². The van der Waals surface area contributed by atoms with Crippen molar-refractivity contribution in [2.24, 2.45) is 0 Å². The van der Waals surface area contributed by atoms with Crippen molar-refractivity contribution in [3.8, 4) is 11.3 Å². The first-order valence-electron chi connectivity index (χ1n) is 6.37. The Kier molecular flexibility index (Phi) is 3.25. The van der Waals surface area contributed by atoms with Gasteiger partial charge >= 0.3 is 5.69 Å². The number of rotatable bonds is 3. The molecular weight excluding hydrogens is 256 g/mol. The van der Waals surface area contributed by atoms with Crippen molar-refractivity contribution in [2.45, 2.75) is 13.1 Å². The number of benzene rings is 1. The van der Waals surface area contributed by atoms with Crippen LogP contribution in [-0.4, -0.2) is 29.0 Å². The lowest BCUT2D eigenvalue weighted by Gasteiger charge is -2.08. The van der Waals surface area contributed by atoms with Gasteiger partial charge in [0.2, 0.25) is 0 Å². The molecule has 3 rings (SSSR count). The average molecular weight is 272 g/mol. The second-order valence-electron chi connectivity index (χ2n) is 4.90. The highest BCUT2D eigenvalue weighted by molar-refractivity contribution is 5.66. The standard InChI is InChI=1S/C14H16N4O2/c1-18-7-11-12(8-18)15-14(19)16-13(11)9-3-5-10(6-4-9)17-20-2/h3-6,17H,7-8H2,1-2H3,(H,15,16,19). The second-order valence-corrected chi connectivity index (χ2v) is 4.90. The van der Waals surface area contributed by atoms with Crippen LogP contribution in [0.25, 0.3) is 11.3 Å². The van der Waals surface area contributed by atoms with Gasteiger partial charge in [-0.3, -0.25) is 15.2 Å². The smallest absolute Gasteiger partial charge is 0.308 e. The minimum absolute atomic E-state index is 0.298. The number of nitrogens with zero attached hydrogens (tertiary/aromatic N) is 2. The Bertz CT molecular complexity index is 679. The van der Waals surface area contributed by atoms with E-state index in [1.54, 1.807) is 7.11 Å². The molecule has 0 radical (unpaired) electrons. The largest absolute Gasteiger partial charge is 0.345 e. The predicted octanol–water partition coefficient (Wildman–Crippen LogP) is 1.36. The Labute approximate surface area is 116 Å². The molecule has 1 aromatic carbocycles. The third-order valence-corrected chi connectivity index (χ3v) is 3.36. The zero-order valence-corrected chi connectivity index (χ0v) is 11.4. The molecular formula is C14H16N4O2. The van der Waals surface area contributed by atoms with Crippen LogP contribution in [0.4, 0.5) is 5.69 Å². The first kappa shape index (κ1) is 12.8. The third kappa shape index (κ3) is 2.31. The summed E-state index contributed by atoms with van der Waals surface area (Å²) in [6.45, 7) is 1.55. The van der Waals surface area contributed by atoms with E-state index in [0.29, 0.717) is 0 Å². The molecule has 104 valence electrons. The molecule has 0 bridgehead atoms. The number of nitrogens with one attached hydrogen (secondary N) is 2. The number of aromatic nitrogens is 2. The highest BCUT2D eigenvalue weighted by Gasteiger charge is 2.22. The van der Waals surface area contributed by atoms with Gasteiger partial charge in [0.15, 0.2) is 0 Å². The number of fused-ring (bicyclic) bond motifs is 1. The molecule has 1 aliphatic heterocycles. The Hall–Kier alpha value is -2.18. The Morgan fingerprint density at radius 1 is 1.30 bits per heavy atom. The fourth-order valence-electron chi connectivity index (χ4n) is 2.50. The molecule has 1 aromatic heterocycles. The van der Waals surface area contributed by atoms with Crippen LogP contribution in [0.5, 0.6) is 0 Å². The molecule has 0 amide bonds. The highest BCUT2D eigenvalue weighted by atomic mass is 16.6. The van der Waals surface area contributed by atoms with E-state index in [4.69, 9.17) is 4.84 Å². The summed E-state index contributed by atoms with van der Waals surface area (Å²) in [7, 11) is 3.59. The van der Waals surface area contributed by atoms with Gasteiger partial charge in [-0.25, -0.2) is 4.79 Å². The molecule has 0 fully saturated rings. The van der Waals surface area contributed by atoms with E-state index in [9.17, 15) is 4.79 Å². The fourth-order valence-corrected chi connectivity index (χ4v) is 2.50. The van der Waals surface area contributed by atoms with Crippen molar-refractivity contribution in [3.05, 3.63) is 46.0 Å². The van der Waals surface area contributed by atoms with Gasteiger partial charge in [-0.2, -0.15) is 4.98 Å². The van der Waals surface area contributed by atoms with Crippen molar-refractivity contribution >= 4 is 5.69 Å². The quantitative estimate of drug-likeness (QED) is 0.825. The topological polar surface area (TPSA) is 70.2 Å². The van der Waals surface area contributed by atoms with Gasteiger partial charge in [-0.15, -0.1) is 0 Å². The summed E-state index contributed by atoms with van der Waals surface area (Å²) in [6.07, 6.45) is 0. The summed E-state index contributed by atoms with van der Waals surface area (Å²) < 4.78 is 0. The van der Waals surface area contributed by atoms with Crippen LogP contribution in [-0.2, 0) is 17.9 Å². The highest BCUT2D eigenvalue weighted by Crippen LogP contribution is 2.28. The number of H-pyrrole nitrogens is 1. The van der Waals surface area contributed by atoms with Gasteiger partial charge < -0.3 is 4.98 Å². The summed E-state index contributed by atoms with van der Waals surface area (Å²) in [5.74, 6) is 0. The molecule has 2 aromatic rings. The van der Waals surface area contributed by atoms with Crippen LogP contribution in [0.2, 0.25) is 0 Å². The van der Waals surface area contributed by atoms with Crippen molar-refractivity contribution in [2.75, 3.05) is 19.6 Å². The maximum absolute atomic E-state index is 11.7. The van der Waals surface area contributed by atoms with Gasteiger partial charge in [-0.05, 0) is 19.2 Å². The zero-order valence-electron chi connectivity index (χ0n) is 11.4. The van der Waals surface area contributed by atoms with Crippen LogP contribution in [0.3, 0.4) is 0 Å². The molecule has 2 N–H and O–H groups in total. The van der Waals surface area contributed by atoms with E-state index >= 15 is 0 Å². The van der Waals surface area contributed by atoms with Crippen molar-refractivity contribution < 1.29 is 4.84 Å². The number of hydrogen-bond donors (Lipinski definition) is 2. The monoisotopic (exact) mass is 272 g/mol. The zero-order chi connectivity index (χ0) is 14.1. The minimum Gasteiger partial charge on any atom is -0.308 e. The van der Waals surface area contributed by atoms with Crippen LogP contribution in [0.1, 0.15) is 11.3 Å². The molecule has 1 aliphatic rings. The molecule has 0 atom stereocenters. The minimum atomic E-state index is -0.298. The maximum atomic E-state index is 11.7. The third-order valence-electron chi connectivity index (χ3n) is 3.36. The lowest BCUT2D eigenvalue weighted by molar-refractivity contribution is 0.271. The van der Waals surface area contributed by atoms with Gasteiger partial charge in [0, 0.05) is 29.9 Å². The van der Waals surface area contributed by atoms with Crippen LogP contribution in [0.15, 0.2) is 29.1 Å². The summed E-state index contributed by atoms with van der Waals surface area (Å²) in [5, 5.41) is 0. The average Bonchev–Trinajstić information content (AvgIpc) is 2.79. The van der Waals surface area contributed by atoms with E-state index in [0.717, 1.165) is 41.3 Å². The molecule has 0 saturated heterocycles. The van der Waals surface area contributed by atoms with E-state index in [2.05, 4.69) is 20.3 Å². The van der Waals surface area contributed by atoms with E-state index in [1.807, 2.05) is 31.3 Å².